The number of thioether (sulfide) groups is 1. The minimum atomic E-state index is -0.229. The van der Waals surface area contributed by atoms with Crippen LogP contribution in [0.5, 0.6) is 0 Å². The Morgan fingerprint density at radius 3 is 2.48 bits per heavy atom. The predicted octanol–water partition coefficient (Wildman–Crippen LogP) is 6.98. The monoisotopic (exact) mass is 400 g/mol. The fourth-order valence-corrected chi connectivity index (χ4v) is 5.03. The summed E-state index contributed by atoms with van der Waals surface area (Å²) in [6.45, 7) is 2.29. The molecule has 0 aliphatic carbocycles. The number of aryl methyl sites for hydroxylation is 1. The summed E-state index contributed by atoms with van der Waals surface area (Å²) in [6, 6.07) is 19.6. The number of halogens is 1. The van der Waals surface area contributed by atoms with Crippen LogP contribution in [-0.2, 0) is 6.42 Å². The second kappa shape index (κ2) is 7.53. The van der Waals surface area contributed by atoms with Gasteiger partial charge in [-0.2, -0.15) is 0 Å². The highest BCUT2D eigenvalue weighted by molar-refractivity contribution is 8.00. The number of nitrogens with zero attached hydrogens (tertiary/aromatic N) is 1. The van der Waals surface area contributed by atoms with Crippen molar-refractivity contribution in [3.8, 4) is 33.6 Å². The normalized spacial score (nSPS) is 15.9. The zero-order chi connectivity index (χ0) is 19.8. The van der Waals surface area contributed by atoms with Crippen LogP contribution in [0.2, 0.25) is 0 Å². The minimum Gasteiger partial charge on any atom is -0.354 e. The Hall–Kier alpha value is -2.85. The first-order valence-corrected chi connectivity index (χ1v) is 10.7. The molecule has 4 aromatic rings. The van der Waals surface area contributed by atoms with Crippen molar-refractivity contribution in [2.75, 3.05) is 0 Å². The van der Waals surface area contributed by atoms with Crippen LogP contribution >= 0.6 is 11.8 Å². The van der Waals surface area contributed by atoms with E-state index in [1.165, 1.54) is 34.6 Å². The number of aromatic nitrogens is 2. The number of nitrogens with one attached hydrogen (secondary N) is 1. The van der Waals surface area contributed by atoms with Gasteiger partial charge in [-0.25, -0.2) is 4.39 Å². The van der Waals surface area contributed by atoms with E-state index in [9.17, 15) is 4.39 Å². The molecule has 0 spiro atoms. The molecule has 1 unspecified atom stereocenters. The fraction of sp³-hybridized carbons (Fsp3) is 0.160. The SMILES string of the molecule is CC1CCc2cc(-c3cc(-c4ccncc4)c(-c4ccc(F)cc4)[nH]3)ccc2S1. The van der Waals surface area contributed by atoms with Crippen LogP contribution in [0, 0.1) is 5.82 Å². The zero-order valence-electron chi connectivity index (χ0n) is 16.2. The van der Waals surface area contributed by atoms with Crippen molar-refractivity contribution in [2.24, 2.45) is 0 Å². The zero-order valence-corrected chi connectivity index (χ0v) is 17.0. The molecule has 0 amide bonds. The Kier molecular flexibility index (Phi) is 4.72. The summed E-state index contributed by atoms with van der Waals surface area (Å²) in [4.78, 5) is 9.14. The van der Waals surface area contributed by atoms with Gasteiger partial charge in [-0.05, 0) is 89.7 Å². The van der Waals surface area contributed by atoms with Crippen molar-refractivity contribution >= 4 is 11.8 Å². The van der Waals surface area contributed by atoms with Gasteiger partial charge >= 0.3 is 0 Å². The van der Waals surface area contributed by atoms with Gasteiger partial charge in [-0.15, -0.1) is 11.8 Å². The molecule has 144 valence electrons. The Morgan fingerprint density at radius 1 is 0.931 bits per heavy atom. The van der Waals surface area contributed by atoms with E-state index < -0.39 is 0 Å². The summed E-state index contributed by atoms with van der Waals surface area (Å²) in [6.07, 6.45) is 5.94. The van der Waals surface area contributed by atoms with Crippen LogP contribution in [0.1, 0.15) is 18.9 Å². The summed E-state index contributed by atoms with van der Waals surface area (Å²) in [5.74, 6) is -0.229. The molecule has 0 saturated carbocycles. The number of fused-ring (bicyclic) bond motifs is 1. The summed E-state index contributed by atoms with van der Waals surface area (Å²) in [5, 5.41) is 0.683. The Bertz CT molecular complexity index is 1150. The Labute approximate surface area is 174 Å². The maximum absolute atomic E-state index is 13.5. The molecule has 1 N–H and O–H groups in total. The average Bonchev–Trinajstić information content (AvgIpc) is 3.20. The van der Waals surface area contributed by atoms with Crippen molar-refractivity contribution in [3.63, 3.8) is 0 Å². The lowest BCUT2D eigenvalue weighted by Gasteiger charge is -2.21. The molecule has 4 heteroatoms. The van der Waals surface area contributed by atoms with E-state index in [2.05, 4.69) is 41.2 Å². The minimum absolute atomic E-state index is 0.229. The maximum atomic E-state index is 13.5. The molecule has 0 fully saturated rings. The third kappa shape index (κ3) is 3.60. The Balaban J connectivity index is 1.62. The number of hydrogen-bond acceptors (Lipinski definition) is 2. The van der Waals surface area contributed by atoms with Gasteiger partial charge in [0.25, 0.3) is 0 Å². The molecule has 1 aliphatic rings. The number of H-pyrrole nitrogens is 1. The molecular weight excluding hydrogens is 379 g/mol. The molecule has 2 aromatic carbocycles. The van der Waals surface area contributed by atoms with Gasteiger partial charge in [-0.1, -0.05) is 13.0 Å². The van der Waals surface area contributed by atoms with Crippen molar-refractivity contribution < 1.29 is 4.39 Å². The van der Waals surface area contributed by atoms with E-state index in [0.29, 0.717) is 5.25 Å². The van der Waals surface area contributed by atoms with Crippen LogP contribution in [0.4, 0.5) is 4.39 Å². The van der Waals surface area contributed by atoms with Crippen molar-refractivity contribution in [1.29, 1.82) is 0 Å². The largest absolute Gasteiger partial charge is 0.354 e. The molecule has 0 radical (unpaired) electrons. The fourth-order valence-electron chi connectivity index (χ4n) is 3.91. The van der Waals surface area contributed by atoms with Gasteiger partial charge < -0.3 is 4.98 Å². The molecule has 5 rings (SSSR count). The first-order valence-electron chi connectivity index (χ1n) is 9.87. The van der Waals surface area contributed by atoms with Gasteiger partial charge in [0.05, 0.1) is 5.69 Å². The number of rotatable bonds is 3. The number of aromatic amines is 1. The second-order valence-corrected chi connectivity index (χ2v) is 8.98. The number of pyridine rings is 1. The Morgan fingerprint density at radius 2 is 1.69 bits per heavy atom. The van der Waals surface area contributed by atoms with Crippen LogP contribution in [0.15, 0.2) is 78.0 Å². The third-order valence-electron chi connectivity index (χ3n) is 5.46. The smallest absolute Gasteiger partial charge is 0.123 e. The van der Waals surface area contributed by atoms with E-state index in [-0.39, 0.29) is 5.82 Å². The van der Waals surface area contributed by atoms with E-state index in [0.717, 1.165) is 34.5 Å². The molecule has 2 aromatic heterocycles. The predicted molar refractivity (Wildman–Crippen MR) is 118 cm³/mol. The highest BCUT2D eigenvalue weighted by atomic mass is 32.2. The average molecular weight is 401 g/mol. The van der Waals surface area contributed by atoms with Gasteiger partial charge in [0, 0.05) is 33.8 Å². The van der Waals surface area contributed by atoms with Crippen molar-refractivity contribution in [3.05, 3.63) is 84.4 Å². The molecule has 1 aliphatic heterocycles. The molecule has 1 atom stereocenters. The summed E-state index contributed by atoms with van der Waals surface area (Å²) >= 11 is 1.97. The molecule has 2 nitrogen and oxygen atoms in total. The maximum Gasteiger partial charge on any atom is 0.123 e. The van der Waals surface area contributed by atoms with E-state index in [1.807, 2.05) is 36.0 Å². The van der Waals surface area contributed by atoms with Crippen LogP contribution in [0.3, 0.4) is 0 Å². The molecular formula is C25H21FN2S. The van der Waals surface area contributed by atoms with Crippen molar-refractivity contribution in [1.82, 2.24) is 9.97 Å². The third-order valence-corrected chi connectivity index (χ3v) is 6.75. The molecule has 29 heavy (non-hydrogen) atoms. The standard InChI is InChI=1S/C25H21FN2S/c1-16-2-3-20-14-19(6-9-24(20)29-16)23-15-22(17-10-12-27-13-11-17)25(28-23)18-4-7-21(26)8-5-18/h4-16,28H,2-3H2,1H3. The molecule has 0 saturated heterocycles. The van der Waals surface area contributed by atoms with Crippen LogP contribution in [-0.4, -0.2) is 15.2 Å². The van der Waals surface area contributed by atoms with Gasteiger partial charge in [0.1, 0.15) is 5.82 Å². The lowest BCUT2D eigenvalue weighted by Crippen LogP contribution is -2.06. The first kappa shape index (κ1) is 18.2. The highest BCUT2D eigenvalue weighted by Gasteiger charge is 2.18. The number of hydrogen-bond donors (Lipinski definition) is 1. The number of benzene rings is 2. The van der Waals surface area contributed by atoms with Crippen LogP contribution < -0.4 is 0 Å². The van der Waals surface area contributed by atoms with Crippen molar-refractivity contribution in [2.45, 2.75) is 29.9 Å². The van der Waals surface area contributed by atoms with E-state index in [1.54, 1.807) is 12.4 Å². The lowest BCUT2D eigenvalue weighted by molar-refractivity contribution is 0.628. The molecule has 0 bridgehead atoms. The van der Waals surface area contributed by atoms with Crippen LogP contribution in [0.25, 0.3) is 33.6 Å². The highest BCUT2D eigenvalue weighted by Crippen LogP contribution is 2.39. The molecule has 3 heterocycles. The summed E-state index contributed by atoms with van der Waals surface area (Å²) in [5.41, 5.74) is 7.82. The first-order chi connectivity index (χ1) is 14.2. The topological polar surface area (TPSA) is 28.7 Å². The quantitative estimate of drug-likeness (QED) is 0.402. The van der Waals surface area contributed by atoms with Gasteiger partial charge in [0.15, 0.2) is 0 Å². The lowest BCUT2D eigenvalue weighted by atomic mass is 10.0. The van der Waals surface area contributed by atoms with E-state index >= 15 is 0 Å². The summed E-state index contributed by atoms with van der Waals surface area (Å²) < 4.78 is 13.5. The van der Waals surface area contributed by atoms with Gasteiger partial charge in [0.2, 0.25) is 0 Å². The van der Waals surface area contributed by atoms with E-state index in [4.69, 9.17) is 0 Å². The second-order valence-electron chi connectivity index (χ2n) is 7.50. The summed E-state index contributed by atoms with van der Waals surface area (Å²) in [7, 11) is 0. The van der Waals surface area contributed by atoms with Gasteiger partial charge in [-0.3, -0.25) is 4.98 Å².